The Bertz CT molecular complexity index is 2580. The maximum absolute atomic E-state index is 11.9. The summed E-state index contributed by atoms with van der Waals surface area (Å²) >= 11 is 9.70. The van der Waals surface area contributed by atoms with Gasteiger partial charge in [-0.15, -0.1) is 0 Å². The van der Waals surface area contributed by atoms with Gasteiger partial charge in [0.25, 0.3) is 0 Å². The van der Waals surface area contributed by atoms with Crippen LogP contribution in [0.2, 0.25) is 5.02 Å². The fourth-order valence-corrected chi connectivity index (χ4v) is 8.27. The molecule has 9 rings (SSSR count). The largest absolute Gasteiger partial charge is 0.478 e. The monoisotopic (exact) mass is 800 g/mol. The predicted octanol–water partition coefficient (Wildman–Crippen LogP) is 10.6. The molecule has 2 aliphatic rings. The highest BCUT2D eigenvalue weighted by atomic mass is 79.9. The van der Waals surface area contributed by atoms with Crippen LogP contribution in [0.4, 0.5) is 0 Å². The van der Waals surface area contributed by atoms with E-state index < -0.39 is 11.9 Å². The third-order valence-electron chi connectivity index (χ3n) is 10.5. The molecule has 0 saturated heterocycles. The summed E-state index contributed by atoms with van der Waals surface area (Å²) in [6.45, 7) is 0. The number of halogens is 2. The van der Waals surface area contributed by atoms with Crippen molar-refractivity contribution in [2.24, 2.45) is 14.1 Å². The van der Waals surface area contributed by atoms with Crippen molar-refractivity contribution >= 4 is 61.3 Å². The number of hydrogen-bond acceptors (Lipinski definition) is 4. The van der Waals surface area contributed by atoms with E-state index in [1.54, 1.807) is 6.07 Å². The molecule has 2 N–H and O–H groups in total. The van der Waals surface area contributed by atoms with Crippen LogP contribution in [0.3, 0.4) is 0 Å². The lowest BCUT2D eigenvalue weighted by molar-refractivity contribution is 0.0684. The average molecular weight is 802 g/mol. The van der Waals surface area contributed by atoms with Crippen LogP contribution < -0.4 is 0 Å². The molecule has 2 fully saturated rings. The first-order valence-corrected chi connectivity index (χ1v) is 19.2. The molecule has 0 atom stereocenters. The van der Waals surface area contributed by atoms with Gasteiger partial charge in [0.2, 0.25) is 0 Å². The molecule has 8 nitrogen and oxygen atoms in total. The number of nitrogens with zero attached hydrogens (tertiary/aromatic N) is 4. The van der Waals surface area contributed by atoms with Gasteiger partial charge in [0.05, 0.1) is 33.5 Å². The van der Waals surface area contributed by atoms with E-state index in [2.05, 4.69) is 65.4 Å². The summed E-state index contributed by atoms with van der Waals surface area (Å²) in [5.74, 6) is -0.847. The average Bonchev–Trinajstić information content (AvgIpc) is 4.09. The number of aryl methyl sites for hydroxylation is 2. The summed E-state index contributed by atoms with van der Waals surface area (Å²) in [7, 11) is 4.04. The van der Waals surface area contributed by atoms with Crippen LogP contribution in [0, 0.1) is 0 Å². The molecule has 10 heteroatoms. The van der Waals surface area contributed by atoms with Crippen LogP contribution in [-0.2, 0) is 26.9 Å². The summed E-state index contributed by atoms with van der Waals surface area (Å²) in [6, 6.07) is 24.0. The molecule has 4 aromatic heterocycles. The van der Waals surface area contributed by atoms with Crippen LogP contribution in [0.5, 0.6) is 0 Å². The number of hydrogen-bond donors (Lipinski definition) is 2. The van der Waals surface area contributed by atoms with Gasteiger partial charge in [-0.2, -0.15) is 0 Å². The molecule has 7 aromatic rings. The third kappa shape index (κ3) is 7.43. The second-order valence-corrected chi connectivity index (χ2v) is 15.8. The molecule has 3 aromatic carbocycles. The van der Waals surface area contributed by atoms with Crippen LogP contribution in [-0.4, -0.2) is 41.3 Å². The lowest BCUT2D eigenvalue weighted by atomic mass is 9.96. The van der Waals surface area contributed by atoms with Crippen molar-refractivity contribution < 1.29 is 19.8 Å². The van der Waals surface area contributed by atoms with E-state index in [1.807, 2.05) is 75.3 Å². The molecule has 0 aliphatic heterocycles. The molecule has 0 amide bonds. The Kier molecular flexibility index (Phi) is 9.62. The van der Waals surface area contributed by atoms with Gasteiger partial charge in [-0.05, 0) is 142 Å². The maximum atomic E-state index is 11.9. The molecular formula is C44H38BrClN4O4. The van der Waals surface area contributed by atoms with Crippen molar-refractivity contribution in [3.05, 3.63) is 152 Å². The molecule has 272 valence electrons. The van der Waals surface area contributed by atoms with Crippen molar-refractivity contribution in [1.29, 1.82) is 0 Å². The molecule has 2 aliphatic carbocycles. The number of pyridine rings is 2. The second-order valence-electron chi connectivity index (χ2n) is 14.5. The van der Waals surface area contributed by atoms with Crippen molar-refractivity contribution in [3.8, 4) is 11.1 Å². The van der Waals surface area contributed by atoms with Gasteiger partial charge < -0.3 is 19.3 Å². The van der Waals surface area contributed by atoms with Crippen LogP contribution in [0.1, 0.15) is 91.9 Å². The summed E-state index contributed by atoms with van der Waals surface area (Å²) in [5, 5.41) is 22.2. The number of fused-ring (bicyclic) bond motifs is 2. The Balaban J connectivity index is 0.000000157. The molecule has 0 unspecified atom stereocenters. The Morgan fingerprint density at radius 2 is 1.19 bits per heavy atom. The minimum atomic E-state index is -0.918. The fourth-order valence-electron chi connectivity index (χ4n) is 7.34. The van der Waals surface area contributed by atoms with Gasteiger partial charge in [-0.1, -0.05) is 23.7 Å². The lowest BCUT2D eigenvalue weighted by Crippen LogP contribution is -2.07. The third-order valence-corrected chi connectivity index (χ3v) is 11.3. The molecule has 2 saturated carbocycles. The van der Waals surface area contributed by atoms with E-state index in [1.165, 1.54) is 0 Å². The Morgan fingerprint density at radius 1 is 0.704 bits per heavy atom. The molecular weight excluding hydrogens is 764 g/mol. The molecule has 0 bridgehead atoms. The lowest BCUT2D eigenvalue weighted by Gasteiger charge is -2.12. The van der Waals surface area contributed by atoms with Crippen molar-refractivity contribution in [2.75, 3.05) is 0 Å². The number of carbonyl (C=O) groups is 2. The predicted molar refractivity (Wildman–Crippen MR) is 216 cm³/mol. The van der Waals surface area contributed by atoms with Crippen LogP contribution in [0.15, 0.2) is 102 Å². The highest BCUT2D eigenvalue weighted by Gasteiger charge is 2.27. The molecule has 0 spiro atoms. The van der Waals surface area contributed by atoms with Crippen molar-refractivity contribution in [3.63, 3.8) is 0 Å². The van der Waals surface area contributed by atoms with E-state index in [0.29, 0.717) is 52.2 Å². The normalized spacial score (nSPS) is 13.9. The van der Waals surface area contributed by atoms with Gasteiger partial charge in [0.15, 0.2) is 0 Å². The Morgan fingerprint density at radius 3 is 1.69 bits per heavy atom. The molecule has 4 heterocycles. The second kappa shape index (κ2) is 14.5. The fraction of sp³-hybridized carbons (Fsp3) is 0.227. The molecule has 54 heavy (non-hydrogen) atoms. The summed E-state index contributed by atoms with van der Waals surface area (Å²) < 4.78 is 5.18. The number of aromatic carboxylic acids is 2. The zero-order valence-electron chi connectivity index (χ0n) is 29.9. The zero-order valence-corrected chi connectivity index (χ0v) is 32.2. The van der Waals surface area contributed by atoms with Gasteiger partial charge in [0, 0.05) is 77.6 Å². The summed E-state index contributed by atoms with van der Waals surface area (Å²) in [5.41, 5.74) is 10.5. The summed E-state index contributed by atoms with van der Waals surface area (Å²) in [4.78, 5) is 32.5. The van der Waals surface area contributed by atoms with Gasteiger partial charge in [-0.25, -0.2) is 9.59 Å². The molecule has 0 radical (unpaired) electrons. The van der Waals surface area contributed by atoms with Crippen LogP contribution in [0.25, 0.3) is 32.9 Å². The van der Waals surface area contributed by atoms with E-state index in [-0.39, 0.29) is 0 Å². The number of aromatic nitrogens is 4. The van der Waals surface area contributed by atoms with E-state index in [4.69, 9.17) is 11.6 Å². The van der Waals surface area contributed by atoms with Gasteiger partial charge in [0.1, 0.15) is 0 Å². The first kappa shape index (κ1) is 35.8. The highest BCUT2D eigenvalue weighted by molar-refractivity contribution is 9.10. The zero-order chi connectivity index (χ0) is 37.7. The van der Waals surface area contributed by atoms with E-state index in [0.717, 1.165) is 85.3 Å². The number of carboxylic acids is 2. The van der Waals surface area contributed by atoms with E-state index in [9.17, 15) is 19.8 Å². The van der Waals surface area contributed by atoms with E-state index >= 15 is 0 Å². The van der Waals surface area contributed by atoms with Crippen molar-refractivity contribution in [2.45, 2.75) is 50.4 Å². The number of benzene rings is 3. The smallest absolute Gasteiger partial charge is 0.337 e. The first-order valence-electron chi connectivity index (χ1n) is 18.0. The summed E-state index contributed by atoms with van der Waals surface area (Å²) in [6.07, 6.45) is 13.2. The highest BCUT2D eigenvalue weighted by Crippen LogP contribution is 2.41. The first-order chi connectivity index (χ1) is 26.0. The van der Waals surface area contributed by atoms with Gasteiger partial charge >= 0.3 is 11.9 Å². The van der Waals surface area contributed by atoms with Crippen molar-refractivity contribution in [1.82, 2.24) is 19.1 Å². The van der Waals surface area contributed by atoms with Gasteiger partial charge in [-0.3, -0.25) is 9.97 Å². The SMILES string of the molecule is Cn1ccc2cc(Cc3ncc(C4CC4)cc3C(=O)O)cc(-c3ccc(Cl)cc3)c21.Cn1ccc2cc(Cc3ncc(C4CC4)cc3C(=O)O)cc(Br)c21. The Hall–Kier alpha value is -5.25. The maximum Gasteiger partial charge on any atom is 0.337 e. The minimum absolute atomic E-state index is 0.306. The quantitative estimate of drug-likeness (QED) is 0.150. The number of carboxylic acid groups (broad SMARTS) is 2. The standard InChI is InChI=1S/C25H21ClN2O2.C19H17BrN2O2/c1-28-9-8-18-10-15(11-21(24(18)28)17-4-6-20(26)7-5-17)12-23-22(25(29)30)13-19(14-27-23)16-2-3-16;1-22-5-4-13-6-11(7-16(20)18(13)22)8-17-15(19(23)24)9-14(10-21-17)12-2-3-12/h4-11,13-14,16H,2-3,12H2,1H3,(H,29,30);4-7,9-10,12H,2-3,8H2,1H3,(H,23,24). The number of rotatable bonds is 9. The Labute approximate surface area is 326 Å². The van der Waals surface area contributed by atoms with Crippen LogP contribution >= 0.6 is 27.5 Å². The topological polar surface area (TPSA) is 110 Å². The minimum Gasteiger partial charge on any atom is -0.478 e.